The number of para-hydroxylation sites is 2. The zero-order valence-corrected chi connectivity index (χ0v) is 16.3. The molecule has 0 bridgehead atoms. The first-order valence-electron chi connectivity index (χ1n) is 9.12. The molecule has 0 saturated carbocycles. The first kappa shape index (κ1) is 19.1. The highest BCUT2D eigenvalue weighted by atomic mass is 16.5. The van der Waals surface area contributed by atoms with Crippen LogP contribution in [0.25, 0.3) is 11.0 Å². The second-order valence-corrected chi connectivity index (χ2v) is 7.89. The Morgan fingerprint density at radius 3 is 2.63 bits per heavy atom. The van der Waals surface area contributed by atoms with Gasteiger partial charge >= 0.3 is 0 Å². The molecule has 0 amide bonds. The van der Waals surface area contributed by atoms with Gasteiger partial charge in [-0.15, -0.1) is 0 Å². The van der Waals surface area contributed by atoms with Crippen LogP contribution in [0.15, 0.2) is 53.5 Å². The number of aliphatic hydroxyl groups is 1. The van der Waals surface area contributed by atoms with Crippen molar-refractivity contribution in [1.29, 1.82) is 0 Å². The molecule has 0 aliphatic rings. The second-order valence-electron chi connectivity index (χ2n) is 7.89. The van der Waals surface area contributed by atoms with Crippen LogP contribution in [0.3, 0.4) is 0 Å². The number of rotatable bonds is 5. The standard InChI is InChI=1S/C22H26N2O3/c1-15-11-16(22(2,3)4)9-10-20(15)27-14-17(25)13-24-19-8-6-5-7-18(19)23-12-21(24)26/h5-12,17,25H,13-14H2,1-4H3/t17-/m1/s1. The topological polar surface area (TPSA) is 64.3 Å². The van der Waals surface area contributed by atoms with Gasteiger partial charge in [0.1, 0.15) is 18.5 Å². The number of fused-ring (bicyclic) bond motifs is 1. The first-order chi connectivity index (χ1) is 12.8. The van der Waals surface area contributed by atoms with Gasteiger partial charge in [0.15, 0.2) is 0 Å². The molecular weight excluding hydrogens is 340 g/mol. The average Bonchev–Trinajstić information content (AvgIpc) is 2.62. The van der Waals surface area contributed by atoms with Crippen molar-refractivity contribution >= 4 is 11.0 Å². The summed E-state index contributed by atoms with van der Waals surface area (Å²) in [7, 11) is 0. The maximum atomic E-state index is 12.2. The van der Waals surface area contributed by atoms with Crippen molar-refractivity contribution in [3.63, 3.8) is 0 Å². The van der Waals surface area contributed by atoms with Gasteiger partial charge in [-0.2, -0.15) is 0 Å². The molecule has 0 spiro atoms. The molecule has 3 rings (SSSR count). The van der Waals surface area contributed by atoms with E-state index in [9.17, 15) is 9.90 Å². The maximum absolute atomic E-state index is 12.2. The third-order valence-electron chi connectivity index (χ3n) is 4.62. The lowest BCUT2D eigenvalue weighted by Gasteiger charge is -2.21. The molecule has 2 aromatic carbocycles. The molecule has 1 heterocycles. The van der Waals surface area contributed by atoms with Crippen molar-refractivity contribution in [1.82, 2.24) is 9.55 Å². The van der Waals surface area contributed by atoms with Crippen LogP contribution in [0.5, 0.6) is 5.75 Å². The number of nitrogens with zero attached hydrogens (tertiary/aromatic N) is 2. The van der Waals surface area contributed by atoms with Crippen molar-refractivity contribution < 1.29 is 9.84 Å². The quantitative estimate of drug-likeness (QED) is 0.751. The number of aryl methyl sites for hydroxylation is 1. The van der Waals surface area contributed by atoms with Gasteiger partial charge in [-0.05, 0) is 41.7 Å². The Balaban J connectivity index is 1.72. The number of ether oxygens (including phenoxy) is 1. The molecule has 1 aromatic heterocycles. The van der Waals surface area contributed by atoms with Gasteiger partial charge in [0.05, 0.1) is 23.8 Å². The van der Waals surface area contributed by atoms with Crippen LogP contribution in [0.1, 0.15) is 31.9 Å². The van der Waals surface area contributed by atoms with Gasteiger partial charge in [-0.25, -0.2) is 4.98 Å². The van der Waals surface area contributed by atoms with E-state index in [1.165, 1.54) is 16.3 Å². The van der Waals surface area contributed by atoms with E-state index in [-0.39, 0.29) is 24.1 Å². The number of benzene rings is 2. The second kappa shape index (κ2) is 7.53. The SMILES string of the molecule is Cc1cc(C(C)(C)C)ccc1OC[C@H](O)Cn1c(=O)cnc2ccccc21. The van der Waals surface area contributed by atoms with Crippen LogP contribution >= 0.6 is 0 Å². The van der Waals surface area contributed by atoms with Crippen molar-refractivity contribution in [3.05, 3.63) is 70.1 Å². The van der Waals surface area contributed by atoms with Crippen molar-refractivity contribution in [2.24, 2.45) is 0 Å². The summed E-state index contributed by atoms with van der Waals surface area (Å²) in [6.07, 6.45) is 0.473. The normalized spacial score (nSPS) is 12.9. The fourth-order valence-electron chi connectivity index (χ4n) is 3.03. The van der Waals surface area contributed by atoms with Crippen LogP contribution < -0.4 is 10.3 Å². The smallest absolute Gasteiger partial charge is 0.269 e. The molecule has 1 N–H and O–H groups in total. The summed E-state index contributed by atoms with van der Waals surface area (Å²) in [6.45, 7) is 8.77. The Morgan fingerprint density at radius 2 is 1.93 bits per heavy atom. The van der Waals surface area contributed by atoms with Crippen LogP contribution in [0, 0.1) is 6.92 Å². The lowest BCUT2D eigenvalue weighted by molar-refractivity contribution is 0.0923. The molecule has 27 heavy (non-hydrogen) atoms. The van der Waals surface area contributed by atoms with E-state index in [0.29, 0.717) is 5.52 Å². The summed E-state index contributed by atoms with van der Waals surface area (Å²) >= 11 is 0. The highest BCUT2D eigenvalue weighted by Crippen LogP contribution is 2.27. The van der Waals surface area contributed by atoms with Gasteiger partial charge in [0.2, 0.25) is 0 Å². The molecule has 0 aliphatic carbocycles. The van der Waals surface area contributed by atoms with E-state index >= 15 is 0 Å². The number of aliphatic hydroxyl groups excluding tert-OH is 1. The summed E-state index contributed by atoms with van der Waals surface area (Å²) in [4.78, 5) is 16.3. The molecule has 0 radical (unpaired) electrons. The summed E-state index contributed by atoms with van der Waals surface area (Å²) in [6, 6.07) is 13.5. The van der Waals surface area contributed by atoms with E-state index in [2.05, 4.69) is 37.9 Å². The molecule has 0 aliphatic heterocycles. The minimum absolute atomic E-state index is 0.0758. The highest BCUT2D eigenvalue weighted by molar-refractivity contribution is 5.74. The molecule has 5 heteroatoms. The lowest BCUT2D eigenvalue weighted by atomic mass is 9.86. The molecule has 142 valence electrons. The van der Waals surface area contributed by atoms with Crippen LogP contribution in [-0.2, 0) is 12.0 Å². The Hall–Kier alpha value is -2.66. The Kier molecular flexibility index (Phi) is 5.33. The summed E-state index contributed by atoms with van der Waals surface area (Å²) in [5.41, 5.74) is 3.53. The van der Waals surface area contributed by atoms with Crippen molar-refractivity contribution in [3.8, 4) is 5.75 Å². The fourth-order valence-corrected chi connectivity index (χ4v) is 3.03. The predicted octanol–water partition coefficient (Wildman–Crippen LogP) is 3.44. The van der Waals surface area contributed by atoms with E-state index in [1.54, 1.807) is 0 Å². The molecule has 3 aromatic rings. The Labute approximate surface area is 159 Å². The summed E-state index contributed by atoms with van der Waals surface area (Å²) < 4.78 is 7.34. The van der Waals surface area contributed by atoms with E-state index < -0.39 is 6.10 Å². The fraction of sp³-hybridized carbons (Fsp3) is 0.364. The summed E-state index contributed by atoms with van der Waals surface area (Å²) in [5.74, 6) is 0.744. The largest absolute Gasteiger partial charge is 0.491 e. The van der Waals surface area contributed by atoms with Crippen molar-refractivity contribution in [2.75, 3.05) is 6.61 Å². The molecule has 5 nitrogen and oxygen atoms in total. The van der Waals surface area contributed by atoms with Gasteiger partial charge in [-0.3, -0.25) is 4.79 Å². The van der Waals surface area contributed by atoms with E-state index in [4.69, 9.17) is 4.74 Å². The predicted molar refractivity (Wildman–Crippen MR) is 107 cm³/mol. The molecule has 0 fully saturated rings. The van der Waals surface area contributed by atoms with Gasteiger partial charge in [0.25, 0.3) is 5.56 Å². The monoisotopic (exact) mass is 366 g/mol. The Bertz CT molecular complexity index is 1000. The van der Waals surface area contributed by atoms with Gasteiger partial charge in [-0.1, -0.05) is 45.0 Å². The van der Waals surface area contributed by atoms with Crippen LogP contribution in [0.4, 0.5) is 0 Å². The third-order valence-corrected chi connectivity index (χ3v) is 4.62. The Morgan fingerprint density at radius 1 is 1.19 bits per heavy atom. The maximum Gasteiger partial charge on any atom is 0.269 e. The third kappa shape index (κ3) is 4.37. The van der Waals surface area contributed by atoms with Crippen molar-refractivity contribution in [2.45, 2.75) is 45.8 Å². The van der Waals surface area contributed by atoms with Crippen LogP contribution in [0.2, 0.25) is 0 Å². The van der Waals surface area contributed by atoms with Gasteiger partial charge in [0, 0.05) is 0 Å². The highest BCUT2D eigenvalue weighted by Gasteiger charge is 2.16. The molecule has 0 saturated heterocycles. The molecule has 0 unspecified atom stereocenters. The summed E-state index contributed by atoms with van der Waals surface area (Å²) in [5, 5.41) is 10.4. The minimum atomic E-state index is -0.810. The zero-order valence-electron chi connectivity index (χ0n) is 16.3. The molecular formula is C22H26N2O3. The average molecular weight is 366 g/mol. The number of aromatic nitrogens is 2. The number of hydrogen-bond donors (Lipinski definition) is 1. The van der Waals surface area contributed by atoms with E-state index in [1.807, 2.05) is 37.3 Å². The first-order valence-corrected chi connectivity index (χ1v) is 9.12. The minimum Gasteiger partial charge on any atom is -0.491 e. The van der Waals surface area contributed by atoms with Crippen LogP contribution in [-0.4, -0.2) is 27.4 Å². The van der Waals surface area contributed by atoms with E-state index in [0.717, 1.165) is 16.8 Å². The number of hydrogen-bond acceptors (Lipinski definition) is 4. The zero-order chi connectivity index (χ0) is 19.6. The van der Waals surface area contributed by atoms with Gasteiger partial charge < -0.3 is 14.4 Å². The molecule has 1 atom stereocenters. The lowest BCUT2D eigenvalue weighted by Crippen LogP contribution is -2.30.